The van der Waals surface area contributed by atoms with Crippen LogP contribution in [0.3, 0.4) is 0 Å². The van der Waals surface area contributed by atoms with Gasteiger partial charge < -0.3 is 5.11 Å². The van der Waals surface area contributed by atoms with E-state index in [9.17, 15) is 9.59 Å². The van der Waals surface area contributed by atoms with Crippen LogP contribution in [0.25, 0.3) is 6.08 Å². The van der Waals surface area contributed by atoms with E-state index in [4.69, 9.17) is 5.11 Å². The molecule has 0 atom stereocenters. The maximum atomic E-state index is 10.8. The summed E-state index contributed by atoms with van der Waals surface area (Å²) in [6, 6.07) is 4.39. The Kier molecular flexibility index (Phi) is 1.48. The minimum Gasteiger partial charge on any atom is -0.478 e. The monoisotopic (exact) mass is 175 g/mol. The normalized spacial score (nSPS) is 13.1. The first kappa shape index (κ1) is 7.67. The fraction of sp³-hybridized carbons (Fsp3) is 0. The average Bonchev–Trinajstić information content (AvgIpc) is 2.42. The molecule has 0 saturated heterocycles. The van der Waals surface area contributed by atoms with Crippen molar-refractivity contribution in [3.63, 3.8) is 0 Å². The second-order valence-corrected chi connectivity index (χ2v) is 2.67. The quantitative estimate of drug-likeness (QED) is 0.615. The third-order valence-electron chi connectivity index (χ3n) is 1.78. The number of fused-ring (bicyclic) bond motifs is 1. The van der Waals surface area contributed by atoms with Crippen molar-refractivity contribution in [3.05, 3.63) is 34.3 Å². The van der Waals surface area contributed by atoms with Gasteiger partial charge in [0, 0.05) is 11.3 Å². The Morgan fingerprint density at radius 2 is 2.15 bits per heavy atom. The molecule has 64 valence electrons. The Balaban J connectivity index is 2.73. The fourth-order valence-electron chi connectivity index (χ4n) is 1.19. The molecule has 13 heavy (non-hydrogen) atoms. The van der Waals surface area contributed by atoms with E-state index in [2.05, 4.69) is 4.99 Å². The van der Waals surface area contributed by atoms with Crippen LogP contribution in [0.2, 0.25) is 0 Å². The van der Waals surface area contributed by atoms with E-state index in [0.717, 1.165) is 0 Å². The lowest BCUT2D eigenvalue weighted by Gasteiger charge is -1.90. The van der Waals surface area contributed by atoms with Crippen LogP contribution in [0.1, 0.15) is 10.4 Å². The van der Waals surface area contributed by atoms with Crippen LogP contribution >= 0.6 is 0 Å². The number of carbonyl (C=O) groups is 2. The molecule has 1 heterocycles. The highest BCUT2D eigenvalue weighted by Gasteiger charge is 2.06. The van der Waals surface area contributed by atoms with E-state index >= 15 is 0 Å². The molecule has 0 fully saturated rings. The SMILES string of the molecule is O=C1C=c2cc(C(=O)O)ccc2=N1. The van der Waals surface area contributed by atoms with Gasteiger partial charge >= 0.3 is 5.97 Å². The van der Waals surface area contributed by atoms with E-state index in [1.54, 1.807) is 0 Å². The number of carboxylic acid groups (broad SMARTS) is 1. The van der Waals surface area contributed by atoms with Gasteiger partial charge in [-0.3, -0.25) is 4.79 Å². The zero-order chi connectivity index (χ0) is 9.42. The van der Waals surface area contributed by atoms with Crippen molar-refractivity contribution in [2.45, 2.75) is 0 Å². The summed E-state index contributed by atoms with van der Waals surface area (Å²) < 4.78 is 0. The number of benzene rings is 1. The fourth-order valence-corrected chi connectivity index (χ4v) is 1.19. The van der Waals surface area contributed by atoms with Gasteiger partial charge in [-0.05, 0) is 18.2 Å². The van der Waals surface area contributed by atoms with Crippen molar-refractivity contribution in [2.24, 2.45) is 4.99 Å². The molecule has 1 aromatic rings. The van der Waals surface area contributed by atoms with Crippen LogP contribution < -0.4 is 10.6 Å². The van der Waals surface area contributed by atoms with Crippen molar-refractivity contribution in [1.82, 2.24) is 0 Å². The lowest BCUT2D eigenvalue weighted by molar-refractivity contribution is -0.112. The second-order valence-electron chi connectivity index (χ2n) is 2.67. The molecule has 1 aromatic carbocycles. The summed E-state index contributed by atoms with van der Waals surface area (Å²) in [5, 5.41) is 9.76. The zero-order valence-electron chi connectivity index (χ0n) is 6.52. The van der Waals surface area contributed by atoms with Gasteiger partial charge in [0.15, 0.2) is 0 Å². The van der Waals surface area contributed by atoms with Crippen molar-refractivity contribution < 1.29 is 14.7 Å². The molecule has 1 aliphatic heterocycles. The number of amides is 1. The maximum Gasteiger partial charge on any atom is 0.335 e. The Morgan fingerprint density at radius 3 is 2.85 bits per heavy atom. The summed E-state index contributed by atoms with van der Waals surface area (Å²) in [6.45, 7) is 0. The molecule has 0 unspecified atom stereocenters. The van der Waals surface area contributed by atoms with Crippen molar-refractivity contribution in [3.8, 4) is 0 Å². The number of rotatable bonds is 1. The number of nitrogens with zero attached hydrogens (tertiary/aromatic N) is 1. The summed E-state index contributed by atoms with van der Waals surface area (Å²) in [4.78, 5) is 25.0. The zero-order valence-corrected chi connectivity index (χ0v) is 6.52. The molecule has 0 aromatic heterocycles. The predicted octanol–water partition coefficient (Wildman–Crippen LogP) is -0.675. The molecule has 4 heteroatoms. The van der Waals surface area contributed by atoms with Crippen LogP contribution in [-0.4, -0.2) is 17.0 Å². The molecule has 0 aliphatic carbocycles. The third-order valence-corrected chi connectivity index (χ3v) is 1.78. The van der Waals surface area contributed by atoms with Crippen LogP contribution in [0.15, 0.2) is 23.2 Å². The van der Waals surface area contributed by atoms with Gasteiger partial charge in [0.1, 0.15) is 0 Å². The van der Waals surface area contributed by atoms with E-state index in [0.29, 0.717) is 10.6 Å². The first-order chi connectivity index (χ1) is 6.16. The van der Waals surface area contributed by atoms with Gasteiger partial charge in [-0.25, -0.2) is 9.79 Å². The molecule has 1 amide bonds. The minimum absolute atomic E-state index is 0.167. The maximum absolute atomic E-state index is 10.8. The highest BCUT2D eigenvalue weighted by atomic mass is 16.4. The molecule has 0 bridgehead atoms. The molecule has 0 saturated carbocycles. The third kappa shape index (κ3) is 1.22. The highest BCUT2D eigenvalue weighted by molar-refractivity contribution is 6.06. The van der Waals surface area contributed by atoms with Crippen LogP contribution in [0.4, 0.5) is 0 Å². The Labute approximate surface area is 72.8 Å². The molecule has 0 spiro atoms. The summed E-state index contributed by atoms with van der Waals surface area (Å²) in [5.74, 6) is -1.34. The average molecular weight is 175 g/mol. The lowest BCUT2D eigenvalue weighted by atomic mass is 10.2. The largest absolute Gasteiger partial charge is 0.478 e. The first-order valence-electron chi connectivity index (χ1n) is 3.64. The number of hydrogen-bond donors (Lipinski definition) is 1. The molecule has 1 N–H and O–H groups in total. The smallest absolute Gasteiger partial charge is 0.335 e. The molecule has 2 rings (SSSR count). The number of aromatic carboxylic acids is 1. The van der Waals surface area contributed by atoms with E-state index < -0.39 is 5.97 Å². The van der Waals surface area contributed by atoms with E-state index in [1.165, 1.54) is 24.3 Å². The Bertz CT molecular complexity index is 516. The van der Waals surface area contributed by atoms with Gasteiger partial charge in [0.05, 0.1) is 10.9 Å². The van der Waals surface area contributed by atoms with E-state index in [1.807, 2.05) is 0 Å². The summed E-state index contributed by atoms with van der Waals surface area (Å²) >= 11 is 0. The first-order valence-corrected chi connectivity index (χ1v) is 3.64. The van der Waals surface area contributed by atoms with Crippen LogP contribution in [0, 0.1) is 0 Å². The van der Waals surface area contributed by atoms with Gasteiger partial charge in [-0.15, -0.1) is 0 Å². The van der Waals surface area contributed by atoms with Crippen molar-refractivity contribution >= 4 is 18.0 Å². The summed E-state index contributed by atoms with van der Waals surface area (Å²) in [5.41, 5.74) is 0.167. The Hall–Kier alpha value is -1.97. The minimum atomic E-state index is -1.00. The second kappa shape index (κ2) is 2.52. The van der Waals surface area contributed by atoms with Gasteiger partial charge in [-0.1, -0.05) is 0 Å². The van der Waals surface area contributed by atoms with Gasteiger partial charge in [-0.2, -0.15) is 0 Å². The molecule has 1 aliphatic rings. The number of carboxylic acids is 1. The van der Waals surface area contributed by atoms with Crippen molar-refractivity contribution in [2.75, 3.05) is 0 Å². The highest BCUT2D eigenvalue weighted by Crippen LogP contribution is 1.93. The summed E-state index contributed by atoms with van der Waals surface area (Å²) in [6.07, 6.45) is 1.32. The van der Waals surface area contributed by atoms with Crippen molar-refractivity contribution in [1.29, 1.82) is 0 Å². The standard InChI is InChI=1S/C9H5NO3/c11-8-4-6-3-5(9(12)13)1-2-7(6)10-8/h1-4H,(H,12,13). The van der Waals surface area contributed by atoms with Gasteiger partial charge in [0.25, 0.3) is 5.91 Å². The topological polar surface area (TPSA) is 66.7 Å². The van der Waals surface area contributed by atoms with Crippen LogP contribution in [0.5, 0.6) is 0 Å². The molecule has 4 nitrogen and oxygen atoms in total. The summed E-state index contributed by atoms with van der Waals surface area (Å²) in [7, 11) is 0. The Morgan fingerprint density at radius 1 is 1.38 bits per heavy atom. The number of hydrogen-bond acceptors (Lipinski definition) is 2. The molecular weight excluding hydrogens is 170 g/mol. The predicted molar refractivity (Wildman–Crippen MR) is 43.7 cm³/mol. The lowest BCUT2D eigenvalue weighted by Crippen LogP contribution is -2.22. The number of carbonyl (C=O) groups excluding carboxylic acids is 1. The van der Waals surface area contributed by atoms with E-state index in [-0.39, 0.29) is 11.5 Å². The molecular formula is C9H5NO3. The van der Waals surface area contributed by atoms with Gasteiger partial charge in [0.2, 0.25) is 0 Å². The molecule has 0 radical (unpaired) electrons. The van der Waals surface area contributed by atoms with Crippen LogP contribution in [-0.2, 0) is 4.79 Å².